The van der Waals surface area contributed by atoms with Crippen molar-refractivity contribution in [2.45, 2.75) is 26.2 Å². The average molecular weight is 428 g/mol. The number of amides is 1. The molecule has 1 aliphatic carbocycles. The van der Waals surface area contributed by atoms with Crippen molar-refractivity contribution in [2.24, 2.45) is 5.84 Å². The Kier molecular flexibility index (Phi) is 6.05. The van der Waals surface area contributed by atoms with Gasteiger partial charge in [0.15, 0.2) is 0 Å². The fourth-order valence-electron chi connectivity index (χ4n) is 3.93. The molecule has 0 aliphatic heterocycles. The third kappa shape index (κ3) is 4.40. The van der Waals surface area contributed by atoms with Crippen molar-refractivity contribution in [2.75, 3.05) is 5.01 Å². The van der Waals surface area contributed by atoms with Gasteiger partial charge in [-0.25, -0.2) is 15.6 Å². The molecule has 0 fully saturated rings. The topological polar surface area (TPSA) is 92.9 Å². The third-order valence-corrected chi connectivity index (χ3v) is 5.59. The van der Waals surface area contributed by atoms with Crippen LogP contribution < -0.4 is 15.6 Å². The van der Waals surface area contributed by atoms with Crippen molar-refractivity contribution >= 4 is 17.6 Å². The number of carboxylic acids is 1. The summed E-state index contributed by atoms with van der Waals surface area (Å²) in [5, 5.41) is 10.4. The maximum absolute atomic E-state index is 12.8. The van der Waals surface area contributed by atoms with E-state index in [1.54, 1.807) is 6.07 Å². The van der Waals surface area contributed by atoms with Gasteiger partial charge in [-0.05, 0) is 79.3 Å². The maximum atomic E-state index is 12.8. The quantitative estimate of drug-likeness (QED) is 0.319. The summed E-state index contributed by atoms with van der Waals surface area (Å²) in [4.78, 5) is 24.2. The highest BCUT2D eigenvalue weighted by Crippen LogP contribution is 2.32. The SMILES string of the molecule is Cc1cc(N(N)C(=O)C2=C(C(=O)O)CCC2)ccc1-c1ccc(Oc2ccccc2)cc1. The first-order chi connectivity index (χ1) is 15.4. The first-order valence-electron chi connectivity index (χ1n) is 10.4. The molecule has 0 saturated heterocycles. The third-order valence-electron chi connectivity index (χ3n) is 5.59. The lowest BCUT2D eigenvalue weighted by Crippen LogP contribution is -2.38. The second-order valence-corrected chi connectivity index (χ2v) is 7.73. The van der Waals surface area contributed by atoms with Crippen molar-refractivity contribution in [1.29, 1.82) is 0 Å². The highest BCUT2D eigenvalue weighted by Gasteiger charge is 2.28. The summed E-state index contributed by atoms with van der Waals surface area (Å²) in [7, 11) is 0. The van der Waals surface area contributed by atoms with E-state index in [1.165, 1.54) is 0 Å². The molecule has 6 nitrogen and oxygen atoms in total. The fourth-order valence-corrected chi connectivity index (χ4v) is 3.93. The van der Waals surface area contributed by atoms with Crippen LogP contribution in [0.15, 0.2) is 83.9 Å². The number of nitrogens with two attached hydrogens (primary N) is 1. The molecule has 0 radical (unpaired) electrons. The van der Waals surface area contributed by atoms with Gasteiger partial charge in [0.1, 0.15) is 11.5 Å². The minimum absolute atomic E-state index is 0.164. The molecule has 1 amide bonds. The summed E-state index contributed by atoms with van der Waals surface area (Å²) in [5.74, 6) is 6.08. The molecule has 0 atom stereocenters. The average Bonchev–Trinajstić information content (AvgIpc) is 3.30. The number of carbonyl (C=O) groups excluding carboxylic acids is 1. The molecule has 4 rings (SSSR count). The monoisotopic (exact) mass is 428 g/mol. The number of aliphatic carboxylic acids is 1. The zero-order chi connectivity index (χ0) is 22.7. The molecular weight excluding hydrogens is 404 g/mol. The van der Waals surface area contributed by atoms with Crippen LogP contribution in [0.1, 0.15) is 24.8 Å². The Morgan fingerprint density at radius 2 is 1.56 bits per heavy atom. The number of hydrogen-bond donors (Lipinski definition) is 2. The van der Waals surface area contributed by atoms with E-state index in [0.29, 0.717) is 24.9 Å². The highest BCUT2D eigenvalue weighted by molar-refractivity contribution is 6.10. The number of nitrogens with zero attached hydrogens (tertiary/aromatic N) is 1. The highest BCUT2D eigenvalue weighted by atomic mass is 16.5. The number of hydrazine groups is 1. The number of hydrogen-bond acceptors (Lipinski definition) is 4. The first-order valence-corrected chi connectivity index (χ1v) is 10.4. The molecule has 0 bridgehead atoms. The predicted molar refractivity (Wildman–Crippen MR) is 123 cm³/mol. The molecule has 6 heteroatoms. The lowest BCUT2D eigenvalue weighted by molar-refractivity contribution is -0.133. The van der Waals surface area contributed by atoms with Crippen LogP contribution in [0, 0.1) is 6.92 Å². The van der Waals surface area contributed by atoms with Crippen molar-refractivity contribution < 1.29 is 19.4 Å². The summed E-state index contributed by atoms with van der Waals surface area (Å²) in [5.41, 5.74) is 3.93. The van der Waals surface area contributed by atoms with Gasteiger partial charge in [-0.15, -0.1) is 0 Å². The Bertz CT molecular complexity index is 1180. The van der Waals surface area contributed by atoms with Crippen LogP contribution in [0.5, 0.6) is 11.5 Å². The molecule has 0 spiro atoms. The van der Waals surface area contributed by atoms with Gasteiger partial charge in [0.25, 0.3) is 5.91 Å². The van der Waals surface area contributed by atoms with Crippen molar-refractivity contribution in [3.05, 3.63) is 89.5 Å². The number of benzene rings is 3. The Morgan fingerprint density at radius 3 is 2.22 bits per heavy atom. The normalized spacial score (nSPS) is 13.2. The van der Waals surface area contributed by atoms with E-state index in [2.05, 4.69) is 0 Å². The standard InChI is InChI=1S/C26H24N2O4/c1-17-16-19(28(27)25(29)23-8-5-9-24(23)26(30)31)12-15-22(17)18-10-13-21(14-11-18)32-20-6-3-2-4-7-20/h2-4,6-7,10-16H,5,8-9,27H2,1H3,(H,30,31). The predicted octanol–water partition coefficient (Wildman–Crippen LogP) is 5.23. The lowest BCUT2D eigenvalue weighted by Gasteiger charge is -2.19. The number of carbonyl (C=O) groups is 2. The van der Waals surface area contributed by atoms with Crippen LogP contribution in [-0.2, 0) is 9.59 Å². The summed E-state index contributed by atoms with van der Waals surface area (Å²) in [6.45, 7) is 1.95. The van der Waals surface area contributed by atoms with Crippen molar-refractivity contribution in [3.8, 4) is 22.6 Å². The molecule has 3 aromatic carbocycles. The van der Waals surface area contributed by atoms with Crippen LogP contribution >= 0.6 is 0 Å². The van der Waals surface area contributed by atoms with Gasteiger partial charge in [-0.3, -0.25) is 4.79 Å². The summed E-state index contributed by atoms with van der Waals surface area (Å²) >= 11 is 0. The van der Waals surface area contributed by atoms with E-state index < -0.39 is 11.9 Å². The van der Waals surface area contributed by atoms with Crippen LogP contribution in [0.25, 0.3) is 11.1 Å². The van der Waals surface area contributed by atoms with Gasteiger partial charge >= 0.3 is 5.97 Å². The van der Waals surface area contributed by atoms with Crippen LogP contribution in [0.4, 0.5) is 5.69 Å². The Morgan fingerprint density at radius 1 is 0.906 bits per heavy atom. The number of rotatable bonds is 6. The van der Waals surface area contributed by atoms with Crippen LogP contribution in [0.3, 0.4) is 0 Å². The molecule has 162 valence electrons. The molecule has 3 aromatic rings. The minimum atomic E-state index is -1.05. The molecule has 3 N–H and O–H groups in total. The van der Waals surface area contributed by atoms with Gasteiger partial charge in [0, 0.05) is 11.1 Å². The number of carboxylic acid groups (broad SMARTS) is 1. The number of ether oxygens (including phenoxy) is 1. The molecule has 0 saturated carbocycles. The van der Waals surface area contributed by atoms with Crippen LogP contribution in [-0.4, -0.2) is 17.0 Å². The van der Waals surface area contributed by atoms with Gasteiger partial charge in [0.2, 0.25) is 0 Å². The second kappa shape index (κ2) is 9.08. The Hall–Kier alpha value is -3.90. The summed E-state index contributed by atoms with van der Waals surface area (Å²) in [6, 6.07) is 22.9. The summed E-state index contributed by atoms with van der Waals surface area (Å²) in [6.07, 6.45) is 1.48. The zero-order valence-electron chi connectivity index (χ0n) is 17.7. The molecule has 1 aliphatic rings. The van der Waals surface area contributed by atoms with E-state index in [0.717, 1.165) is 33.2 Å². The fraction of sp³-hybridized carbons (Fsp3) is 0.154. The molecule has 0 aromatic heterocycles. The first kappa shape index (κ1) is 21.3. The lowest BCUT2D eigenvalue weighted by atomic mass is 9.99. The molecule has 32 heavy (non-hydrogen) atoms. The number of para-hydroxylation sites is 1. The molecular formula is C26H24N2O4. The largest absolute Gasteiger partial charge is 0.478 e. The van der Waals surface area contributed by atoms with E-state index in [4.69, 9.17) is 10.6 Å². The zero-order valence-corrected chi connectivity index (χ0v) is 17.7. The van der Waals surface area contributed by atoms with Crippen LogP contribution in [0.2, 0.25) is 0 Å². The van der Waals surface area contributed by atoms with E-state index >= 15 is 0 Å². The molecule has 0 unspecified atom stereocenters. The minimum Gasteiger partial charge on any atom is -0.478 e. The Labute approximate surface area is 186 Å². The Balaban J connectivity index is 1.52. The van der Waals surface area contributed by atoms with Gasteiger partial charge in [-0.1, -0.05) is 36.4 Å². The van der Waals surface area contributed by atoms with E-state index in [-0.39, 0.29) is 11.1 Å². The van der Waals surface area contributed by atoms with Crippen molar-refractivity contribution in [3.63, 3.8) is 0 Å². The second-order valence-electron chi connectivity index (χ2n) is 7.73. The van der Waals surface area contributed by atoms with Gasteiger partial charge in [0.05, 0.1) is 5.69 Å². The molecule has 0 heterocycles. The number of aryl methyl sites for hydroxylation is 1. The maximum Gasteiger partial charge on any atom is 0.332 e. The van der Waals surface area contributed by atoms with E-state index in [1.807, 2.05) is 73.7 Å². The summed E-state index contributed by atoms with van der Waals surface area (Å²) < 4.78 is 5.84. The number of anilines is 1. The van der Waals surface area contributed by atoms with Gasteiger partial charge in [-0.2, -0.15) is 0 Å². The van der Waals surface area contributed by atoms with Crippen molar-refractivity contribution in [1.82, 2.24) is 0 Å². The van der Waals surface area contributed by atoms with E-state index in [9.17, 15) is 14.7 Å². The smallest absolute Gasteiger partial charge is 0.332 e. The van der Waals surface area contributed by atoms with Gasteiger partial charge < -0.3 is 9.84 Å².